The van der Waals surface area contributed by atoms with Gasteiger partial charge < -0.3 is 20.5 Å². The summed E-state index contributed by atoms with van der Waals surface area (Å²) in [5.74, 6) is 0.417. The van der Waals surface area contributed by atoms with E-state index in [1.165, 1.54) is 18.4 Å². The minimum Gasteiger partial charge on any atom is -0.468 e. The number of fused-ring (bicyclic) bond motifs is 1. The van der Waals surface area contributed by atoms with Gasteiger partial charge in [-0.2, -0.15) is 0 Å². The van der Waals surface area contributed by atoms with Crippen LogP contribution in [-0.4, -0.2) is 30.2 Å². The number of rotatable bonds is 9. The summed E-state index contributed by atoms with van der Waals surface area (Å²) in [6.07, 6.45) is 6.24. The van der Waals surface area contributed by atoms with Crippen molar-refractivity contribution < 1.29 is 24.3 Å². The van der Waals surface area contributed by atoms with Crippen molar-refractivity contribution in [3.8, 4) is 5.75 Å². The summed E-state index contributed by atoms with van der Waals surface area (Å²) in [6, 6.07) is 15.0. The lowest BCUT2D eigenvalue weighted by Gasteiger charge is -2.20. The molecule has 182 valence electrons. The van der Waals surface area contributed by atoms with Crippen molar-refractivity contribution in [2.75, 3.05) is 7.11 Å². The van der Waals surface area contributed by atoms with E-state index >= 15 is 0 Å². The Hall–Kier alpha value is -3.50. The van der Waals surface area contributed by atoms with E-state index in [9.17, 15) is 9.59 Å². The first-order valence-electron chi connectivity index (χ1n) is 11.1. The highest BCUT2D eigenvalue weighted by molar-refractivity contribution is 7.20. The average Bonchev–Trinajstić information content (AvgIpc) is 3.32. The van der Waals surface area contributed by atoms with E-state index in [4.69, 9.17) is 20.4 Å². The van der Waals surface area contributed by atoms with Crippen molar-refractivity contribution in [1.29, 1.82) is 0 Å². The van der Waals surface area contributed by atoms with E-state index < -0.39 is 17.9 Å². The van der Waals surface area contributed by atoms with Gasteiger partial charge in [-0.05, 0) is 59.4 Å². The van der Waals surface area contributed by atoms with Gasteiger partial charge in [0.15, 0.2) is 0 Å². The van der Waals surface area contributed by atoms with Crippen molar-refractivity contribution in [3.05, 3.63) is 88.5 Å². The zero-order valence-corrected chi connectivity index (χ0v) is 20.0. The molecule has 1 aromatic heterocycles. The molecule has 5 N–H and O–H groups in total. The molecule has 9 heteroatoms. The number of nitrogens with two attached hydrogens (primary N) is 1. The Balaban J connectivity index is 1.26. The molecule has 1 aliphatic carbocycles. The molecule has 0 aliphatic heterocycles. The molecule has 0 bridgehead atoms. The molecule has 4 rings (SSSR count). The highest BCUT2D eigenvalue weighted by Gasteiger charge is 2.24. The molecule has 1 amide bonds. The minimum absolute atomic E-state index is 0.106. The largest absolute Gasteiger partial charge is 0.468 e. The molecule has 0 spiro atoms. The number of carbonyl (C=O) groups excluding carboxylic acids is 2. The smallest absolute Gasteiger partial charge is 0.323 e. The summed E-state index contributed by atoms with van der Waals surface area (Å²) in [6.45, 7) is 1.37. The Morgan fingerprint density at radius 2 is 1.89 bits per heavy atom. The van der Waals surface area contributed by atoms with Crippen LogP contribution in [-0.2, 0) is 22.6 Å². The van der Waals surface area contributed by atoms with Crippen LogP contribution in [0.25, 0.3) is 10.1 Å². The minimum atomic E-state index is -0.682. The lowest BCUT2D eigenvalue weighted by Crippen LogP contribution is -2.38. The Morgan fingerprint density at radius 3 is 2.57 bits per heavy atom. The maximum atomic E-state index is 11.6. The van der Waals surface area contributed by atoms with E-state index in [-0.39, 0.29) is 5.92 Å². The van der Waals surface area contributed by atoms with Gasteiger partial charge in [0.25, 0.3) is 5.91 Å². The van der Waals surface area contributed by atoms with Crippen LogP contribution in [0.15, 0.2) is 72.5 Å². The van der Waals surface area contributed by atoms with Gasteiger partial charge in [0.1, 0.15) is 17.6 Å². The summed E-state index contributed by atoms with van der Waals surface area (Å²) >= 11 is 1.34. The molecule has 2 atom stereocenters. The second kappa shape index (κ2) is 11.3. The maximum absolute atomic E-state index is 11.6. The number of esters is 1. The standard InChI is InChI=1S/C26H27N3O5S/c1-33-26(31)24(27)18-6-10-21(11-7-18)34-20-8-3-16(4-9-20)14-28-15-17-2-5-19-13-23(25(30)29-32)35-22(19)12-17/h2-6,8-13,18,24,28,32H,7,14-15,27H2,1H3,(H,29,30)/t18?,24-/m0/s1. The Labute approximate surface area is 207 Å². The number of ether oxygens (including phenoxy) is 2. The normalized spacial score (nSPS) is 16.0. The van der Waals surface area contributed by atoms with Gasteiger partial charge in [-0.1, -0.05) is 30.3 Å². The quantitative estimate of drug-likeness (QED) is 0.204. The number of thiophene rings is 1. The second-order valence-electron chi connectivity index (χ2n) is 8.19. The van der Waals surface area contributed by atoms with E-state index in [2.05, 4.69) is 5.32 Å². The highest BCUT2D eigenvalue weighted by Crippen LogP contribution is 2.27. The zero-order chi connectivity index (χ0) is 24.8. The van der Waals surface area contributed by atoms with Gasteiger partial charge in [0, 0.05) is 23.7 Å². The third-order valence-electron chi connectivity index (χ3n) is 5.76. The van der Waals surface area contributed by atoms with E-state index in [1.54, 1.807) is 11.5 Å². The summed E-state index contributed by atoms with van der Waals surface area (Å²) in [7, 11) is 1.33. The number of hydrogen-bond acceptors (Lipinski definition) is 8. The number of hydrogen-bond donors (Lipinski definition) is 4. The van der Waals surface area contributed by atoms with Crippen LogP contribution in [0, 0.1) is 5.92 Å². The van der Waals surface area contributed by atoms with Crippen LogP contribution < -0.4 is 21.3 Å². The molecule has 8 nitrogen and oxygen atoms in total. The Bertz CT molecular complexity index is 1270. The van der Waals surface area contributed by atoms with E-state index in [0.29, 0.717) is 30.1 Å². The number of amides is 1. The number of methoxy groups -OCH3 is 1. The first kappa shape index (κ1) is 24.6. The number of benzene rings is 2. The van der Waals surface area contributed by atoms with Crippen LogP contribution >= 0.6 is 11.3 Å². The van der Waals surface area contributed by atoms with Gasteiger partial charge in [-0.15, -0.1) is 11.3 Å². The number of allylic oxidation sites excluding steroid dienone is 2. The van der Waals surface area contributed by atoms with Gasteiger partial charge in [0.2, 0.25) is 0 Å². The molecule has 1 heterocycles. The molecule has 0 saturated carbocycles. The van der Waals surface area contributed by atoms with Crippen LogP contribution in [0.4, 0.5) is 0 Å². The Morgan fingerprint density at radius 1 is 1.14 bits per heavy atom. The molecule has 2 aromatic carbocycles. The molecule has 35 heavy (non-hydrogen) atoms. The van der Waals surface area contributed by atoms with Gasteiger partial charge in [0.05, 0.1) is 12.0 Å². The third kappa shape index (κ3) is 6.14. The number of nitrogens with one attached hydrogen (secondary N) is 2. The van der Waals surface area contributed by atoms with E-state index in [0.717, 1.165) is 27.0 Å². The van der Waals surface area contributed by atoms with E-state index in [1.807, 2.05) is 60.7 Å². The molecule has 0 saturated heterocycles. The predicted octanol–water partition coefficient (Wildman–Crippen LogP) is 3.65. The van der Waals surface area contributed by atoms with Gasteiger partial charge in [-0.25, -0.2) is 5.48 Å². The van der Waals surface area contributed by atoms with Gasteiger partial charge >= 0.3 is 5.97 Å². The van der Waals surface area contributed by atoms with Crippen molar-refractivity contribution in [1.82, 2.24) is 10.8 Å². The number of carbonyl (C=O) groups is 2. The molecule has 3 aromatic rings. The zero-order valence-electron chi connectivity index (χ0n) is 19.2. The monoisotopic (exact) mass is 493 g/mol. The lowest BCUT2D eigenvalue weighted by atomic mass is 9.93. The van der Waals surface area contributed by atoms with Gasteiger partial charge in [-0.3, -0.25) is 14.8 Å². The third-order valence-corrected chi connectivity index (χ3v) is 6.86. The first-order chi connectivity index (χ1) is 17.0. The summed E-state index contributed by atoms with van der Waals surface area (Å²) < 4.78 is 11.6. The molecular weight excluding hydrogens is 466 g/mol. The maximum Gasteiger partial charge on any atom is 0.323 e. The fourth-order valence-corrected chi connectivity index (χ4v) is 4.80. The first-order valence-corrected chi connectivity index (χ1v) is 11.9. The van der Waals surface area contributed by atoms with Crippen molar-refractivity contribution >= 4 is 33.3 Å². The summed E-state index contributed by atoms with van der Waals surface area (Å²) in [4.78, 5) is 23.7. The van der Waals surface area contributed by atoms with Crippen molar-refractivity contribution in [3.63, 3.8) is 0 Å². The second-order valence-corrected chi connectivity index (χ2v) is 9.27. The molecule has 1 unspecified atom stereocenters. The summed E-state index contributed by atoms with van der Waals surface area (Å²) in [5.41, 5.74) is 9.81. The average molecular weight is 494 g/mol. The molecule has 0 fully saturated rings. The SMILES string of the molecule is COC(=O)[C@@H](N)C1C=CC(Oc2ccc(CNCc3ccc4cc(C(=O)NO)sc4c3)cc2)=CC1. The van der Waals surface area contributed by atoms with Crippen molar-refractivity contribution in [2.24, 2.45) is 11.7 Å². The number of hydroxylamine groups is 1. The van der Waals surface area contributed by atoms with Crippen LogP contribution in [0.1, 0.15) is 27.2 Å². The molecular formula is C26H27N3O5S. The fraction of sp³-hybridized carbons (Fsp3) is 0.231. The molecule has 1 aliphatic rings. The predicted molar refractivity (Wildman–Crippen MR) is 134 cm³/mol. The highest BCUT2D eigenvalue weighted by atomic mass is 32.1. The van der Waals surface area contributed by atoms with Crippen LogP contribution in [0.2, 0.25) is 0 Å². The summed E-state index contributed by atoms with van der Waals surface area (Å²) in [5, 5.41) is 13.2. The Kier molecular flexibility index (Phi) is 7.94. The fourth-order valence-electron chi connectivity index (χ4n) is 3.79. The van der Waals surface area contributed by atoms with Crippen LogP contribution in [0.3, 0.4) is 0 Å². The lowest BCUT2D eigenvalue weighted by molar-refractivity contribution is -0.143. The topological polar surface area (TPSA) is 123 Å². The molecule has 0 radical (unpaired) electrons. The van der Waals surface area contributed by atoms with Crippen molar-refractivity contribution in [2.45, 2.75) is 25.6 Å². The van der Waals surface area contributed by atoms with Crippen LogP contribution in [0.5, 0.6) is 5.75 Å².